The molecule has 2 aromatic heterocycles. The monoisotopic (exact) mass is 284 g/mol. The van der Waals surface area contributed by atoms with Crippen LogP contribution in [-0.2, 0) is 14.1 Å². The molecule has 0 aliphatic heterocycles. The third kappa shape index (κ3) is 3.78. The van der Waals surface area contributed by atoms with Gasteiger partial charge in [-0.25, -0.2) is 9.78 Å². The summed E-state index contributed by atoms with van der Waals surface area (Å²) < 4.78 is 3.72. The highest BCUT2D eigenvalue weighted by atomic mass is 16.3. The Kier molecular flexibility index (Phi) is 4.85. The Hall–Kier alpha value is -1.93. The van der Waals surface area contributed by atoms with E-state index in [1.54, 1.807) is 18.7 Å². The average Bonchev–Trinajstić information content (AvgIpc) is 2.68. The summed E-state index contributed by atoms with van der Waals surface area (Å²) in [5.41, 5.74) is -0.0485. The van der Waals surface area contributed by atoms with E-state index in [9.17, 15) is 9.59 Å². The predicted molar refractivity (Wildman–Crippen MR) is 76.6 cm³/mol. The molecule has 0 bridgehead atoms. The van der Waals surface area contributed by atoms with E-state index >= 15 is 0 Å². The number of hydrogen-bond acceptors (Lipinski definition) is 4. The number of aromatic amines is 1. The quantitative estimate of drug-likeness (QED) is 0.667. The molecule has 2 aromatic rings. The van der Waals surface area contributed by atoms with E-state index in [0.717, 1.165) is 11.0 Å². The van der Waals surface area contributed by atoms with Crippen molar-refractivity contribution in [1.29, 1.82) is 0 Å². The first-order chi connectivity index (χ1) is 9.17. The van der Waals surface area contributed by atoms with E-state index in [0.29, 0.717) is 11.2 Å². The molecular weight excluding hydrogens is 262 g/mol. The second-order valence-electron chi connectivity index (χ2n) is 5.58. The minimum Gasteiger partial charge on any atom is -0.391 e. The first-order valence-electron chi connectivity index (χ1n) is 6.19. The van der Waals surface area contributed by atoms with Crippen LogP contribution in [0.2, 0.25) is 0 Å². The summed E-state index contributed by atoms with van der Waals surface area (Å²) in [5, 5.41) is 8.39. The predicted octanol–water partition coefficient (Wildman–Crippen LogP) is -1.35. The van der Waals surface area contributed by atoms with Gasteiger partial charge in [-0.3, -0.25) is 14.3 Å². The number of likely N-dealkylation sites (N-methyl/N-ethyl adjacent to an activating group) is 1. The molecule has 0 spiro atoms. The van der Waals surface area contributed by atoms with Crippen molar-refractivity contribution in [1.82, 2.24) is 19.1 Å². The van der Waals surface area contributed by atoms with E-state index in [-0.39, 0.29) is 6.61 Å². The molecule has 0 saturated carbocycles. The Morgan fingerprint density at radius 3 is 2.35 bits per heavy atom. The number of nitrogens with one attached hydrogen (secondary N) is 1. The molecule has 0 atom stereocenters. The molecule has 2 N–H and O–H groups in total. The second-order valence-corrected chi connectivity index (χ2v) is 5.58. The van der Waals surface area contributed by atoms with E-state index in [2.05, 4.69) is 31.1 Å². The van der Waals surface area contributed by atoms with Crippen LogP contribution in [-0.4, -0.2) is 63.0 Å². The summed E-state index contributed by atoms with van der Waals surface area (Å²) in [6.45, 7) is 1.11. The number of hydrogen-bond donors (Lipinski definition) is 2. The van der Waals surface area contributed by atoms with Gasteiger partial charge >= 0.3 is 5.69 Å². The van der Waals surface area contributed by atoms with Crippen molar-refractivity contribution in [3.8, 4) is 0 Å². The van der Waals surface area contributed by atoms with E-state index < -0.39 is 11.2 Å². The Balaban J connectivity index is 0.000000246. The fourth-order valence-corrected chi connectivity index (χ4v) is 1.56. The highest BCUT2D eigenvalue weighted by Gasteiger charge is 2.08. The molecule has 0 aliphatic carbocycles. The Morgan fingerprint density at radius 2 is 1.90 bits per heavy atom. The topological polar surface area (TPSA) is 92.9 Å². The molecule has 2 rings (SSSR count). The molecule has 8 heteroatoms. The van der Waals surface area contributed by atoms with E-state index in [1.807, 2.05) is 0 Å². The molecule has 0 unspecified atom stereocenters. The summed E-state index contributed by atoms with van der Waals surface area (Å²) in [6.07, 6.45) is 1.50. The van der Waals surface area contributed by atoms with Gasteiger partial charge in [0.25, 0.3) is 5.56 Å². The van der Waals surface area contributed by atoms with Crippen molar-refractivity contribution in [2.75, 3.05) is 34.3 Å². The summed E-state index contributed by atoms with van der Waals surface area (Å²) in [4.78, 5) is 28.6. The van der Waals surface area contributed by atoms with Crippen LogP contribution in [0.15, 0.2) is 15.9 Å². The first kappa shape index (κ1) is 16.1. The van der Waals surface area contributed by atoms with Gasteiger partial charge in [-0.15, -0.1) is 0 Å². The Labute approximate surface area is 116 Å². The molecule has 2 heterocycles. The molecule has 112 valence electrons. The fraction of sp³-hybridized carbons (Fsp3) is 0.583. The molecule has 0 fully saturated rings. The van der Waals surface area contributed by atoms with Crippen LogP contribution < -0.4 is 11.2 Å². The molecule has 0 aliphatic rings. The Morgan fingerprint density at radius 1 is 1.30 bits per heavy atom. The maximum Gasteiger partial charge on any atom is 0.329 e. The van der Waals surface area contributed by atoms with Crippen molar-refractivity contribution < 1.29 is 9.59 Å². The van der Waals surface area contributed by atoms with Gasteiger partial charge in [0, 0.05) is 14.1 Å². The SMILES string of the molecule is C[N+](C)(C)CCO.Cn1cnc2c1c(=O)[nH]c(=O)n2C. The largest absolute Gasteiger partial charge is 0.391 e. The van der Waals surface area contributed by atoms with Gasteiger partial charge in [0.05, 0.1) is 34.1 Å². The van der Waals surface area contributed by atoms with Crippen molar-refractivity contribution in [2.45, 2.75) is 0 Å². The lowest BCUT2D eigenvalue weighted by molar-refractivity contribution is -0.870. The molecule has 0 aromatic carbocycles. The second kappa shape index (κ2) is 6.02. The molecule has 0 saturated heterocycles. The van der Waals surface area contributed by atoms with Crippen LogP contribution in [0.3, 0.4) is 0 Å². The standard InChI is InChI=1S/C7H8N4O2.C5H14NO/c1-10-3-8-5-4(10)6(12)9-7(13)11(5)2;1-6(2,3)4-5-7/h3H,1-2H3,(H,9,12,13);7H,4-5H2,1-3H3/q;+1. The van der Waals surface area contributed by atoms with Gasteiger partial charge in [0.1, 0.15) is 6.54 Å². The van der Waals surface area contributed by atoms with Crippen molar-refractivity contribution in [3.05, 3.63) is 27.2 Å². The zero-order valence-electron chi connectivity index (χ0n) is 12.5. The number of imidazole rings is 1. The minimum absolute atomic E-state index is 0.281. The maximum absolute atomic E-state index is 11.3. The van der Waals surface area contributed by atoms with Gasteiger partial charge in [-0.2, -0.15) is 0 Å². The minimum atomic E-state index is -0.448. The molecular formula is C12H22N5O3+. The third-order valence-corrected chi connectivity index (χ3v) is 2.75. The molecule has 20 heavy (non-hydrogen) atoms. The lowest BCUT2D eigenvalue weighted by Crippen LogP contribution is -2.36. The molecule has 0 radical (unpaired) electrons. The smallest absolute Gasteiger partial charge is 0.329 e. The van der Waals surface area contributed by atoms with Crippen molar-refractivity contribution in [3.63, 3.8) is 0 Å². The van der Waals surface area contributed by atoms with E-state index in [1.165, 1.54) is 10.9 Å². The third-order valence-electron chi connectivity index (χ3n) is 2.75. The van der Waals surface area contributed by atoms with Crippen molar-refractivity contribution >= 4 is 11.2 Å². The van der Waals surface area contributed by atoms with Crippen LogP contribution in [0.4, 0.5) is 0 Å². The summed E-state index contributed by atoms with van der Waals surface area (Å²) in [5.74, 6) is 0. The highest BCUT2D eigenvalue weighted by molar-refractivity contribution is 5.69. The van der Waals surface area contributed by atoms with Gasteiger partial charge in [0.2, 0.25) is 0 Å². The average molecular weight is 284 g/mol. The summed E-state index contributed by atoms with van der Waals surface area (Å²) >= 11 is 0. The molecule has 0 amide bonds. The van der Waals surface area contributed by atoms with Crippen LogP contribution in [0.1, 0.15) is 0 Å². The number of nitrogens with zero attached hydrogens (tertiary/aromatic N) is 4. The first-order valence-corrected chi connectivity index (χ1v) is 6.19. The maximum atomic E-state index is 11.3. The fourth-order valence-electron chi connectivity index (χ4n) is 1.56. The van der Waals surface area contributed by atoms with Crippen molar-refractivity contribution in [2.24, 2.45) is 14.1 Å². The van der Waals surface area contributed by atoms with Crippen LogP contribution in [0, 0.1) is 0 Å². The van der Waals surface area contributed by atoms with Crippen LogP contribution in [0.25, 0.3) is 11.2 Å². The zero-order valence-corrected chi connectivity index (χ0v) is 12.5. The number of aryl methyl sites for hydroxylation is 2. The molecule has 8 nitrogen and oxygen atoms in total. The highest BCUT2D eigenvalue weighted by Crippen LogP contribution is 2.00. The summed E-state index contributed by atoms with van der Waals surface area (Å²) in [6, 6.07) is 0. The lowest BCUT2D eigenvalue weighted by atomic mass is 10.5. The number of fused-ring (bicyclic) bond motifs is 1. The van der Waals surface area contributed by atoms with Gasteiger partial charge in [-0.05, 0) is 0 Å². The number of aliphatic hydroxyl groups excluding tert-OH is 1. The lowest BCUT2D eigenvalue weighted by Gasteiger charge is -2.21. The van der Waals surface area contributed by atoms with Crippen LogP contribution in [0.5, 0.6) is 0 Å². The number of aromatic nitrogens is 4. The van der Waals surface area contributed by atoms with Crippen LogP contribution >= 0.6 is 0 Å². The van der Waals surface area contributed by atoms with Gasteiger partial charge < -0.3 is 14.2 Å². The number of aliphatic hydroxyl groups is 1. The van der Waals surface area contributed by atoms with Gasteiger partial charge in [-0.1, -0.05) is 0 Å². The number of H-pyrrole nitrogens is 1. The van der Waals surface area contributed by atoms with Gasteiger partial charge in [0.15, 0.2) is 11.2 Å². The zero-order chi connectivity index (χ0) is 15.5. The number of quaternary nitrogens is 1. The normalized spacial score (nSPS) is 11.3. The summed E-state index contributed by atoms with van der Waals surface area (Å²) in [7, 11) is 9.42. The Bertz CT molecular complexity index is 690. The van der Waals surface area contributed by atoms with E-state index in [4.69, 9.17) is 5.11 Å². The number of rotatable bonds is 2.